The molecule has 0 saturated carbocycles. The lowest BCUT2D eigenvalue weighted by atomic mass is 10.1. The first-order chi connectivity index (χ1) is 8.08. The summed E-state index contributed by atoms with van der Waals surface area (Å²) in [6, 6.07) is 6.49. The summed E-state index contributed by atoms with van der Waals surface area (Å²) in [5.41, 5.74) is 7.57. The summed E-state index contributed by atoms with van der Waals surface area (Å²) in [5.74, 6) is 0. The predicted octanol–water partition coefficient (Wildman–Crippen LogP) is 2.96. The molecule has 1 aromatic carbocycles. The second-order valence-electron chi connectivity index (χ2n) is 4.63. The molecular formula is C13H17ClN2S. The summed E-state index contributed by atoms with van der Waals surface area (Å²) in [6.07, 6.45) is 2.56. The molecule has 0 radical (unpaired) electrons. The Kier molecular flexibility index (Phi) is 4.02. The highest BCUT2D eigenvalue weighted by Crippen LogP contribution is 2.24. The largest absolute Gasteiger partial charge is 0.389 e. The maximum atomic E-state index is 6.26. The highest BCUT2D eigenvalue weighted by atomic mass is 35.5. The molecule has 17 heavy (non-hydrogen) atoms. The van der Waals surface area contributed by atoms with Gasteiger partial charge in [0.25, 0.3) is 0 Å². The topological polar surface area (TPSA) is 29.3 Å². The standard InChI is InChI=1S/C13H17ClN2S/c1-9-3-2-6-16(9)8-11-5-4-10(13(15)17)7-12(11)14/h4-5,7,9H,2-3,6,8H2,1H3,(H2,15,17). The van der Waals surface area contributed by atoms with Gasteiger partial charge in [0.15, 0.2) is 0 Å². The van der Waals surface area contributed by atoms with Crippen LogP contribution in [0.4, 0.5) is 0 Å². The SMILES string of the molecule is CC1CCCN1Cc1ccc(C(N)=S)cc1Cl. The van der Waals surface area contributed by atoms with E-state index < -0.39 is 0 Å². The molecule has 1 fully saturated rings. The fourth-order valence-electron chi connectivity index (χ4n) is 2.28. The Hall–Kier alpha value is -0.640. The average Bonchev–Trinajstić information content (AvgIpc) is 2.67. The van der Waals surface area contributed by atoms with Gasteiger partial charge in [-0.15, -0.1) is 0 Å². The first-order valence-corrected chi connectivity index (χ1v) is 6.69. The van der Waals surface area contributed by atoms with Gasteiger partial charge in [-0.1, -0.05) is 36.0 Å². The molecule has 0 spiro atoms. The Balaban J connectivity index is 2.14. The summed E-state index contributed by atoms with van der Waals surface area (Å²) in [5, 5.41) is 0.759. The number of thiocarbonyl (C=S) groups is 1. The maximum Gasteiger partial charge on any atom is 0.104 e. The summed E-state index contributed by atoms with van der Waals surface area (Å²) in [6.45, 7) is 4.34. The van der Waals surface area contributed by atoms with Gasteiger partial charge in [-0.05, 0) is 37.9 Å². The molecule has 0 aliphatic carbocycles. The average molecular weight is 269 g/mol. The van der Waals surface area contributed by atoms with Crippen molar-refractivity contribution in [2.24, 2.45) is 5.73 Å². The molecule has 1 saturated heterocycles. The van der Waals surface area contributed by atoms with E-state index in [2.05, 4.69) is 11.8 Å². The molecule has 1 aliphatic heterocycles. The number of nitrogens with two attached hydrogens (primary N) is 1. The molecule has 1 aliphatic rings. The van der Waals surface area contributed by atoms with Gasteiger partial charge in [-0.2, -0.15) is 0 Å². The third-order valence-electron chi connectivity index (χ3n) is 3.40. The quantitative estimate of drug-likeness (QED) is 0.855. The first-order valence-electron chi connectivity index (χ1n) is 5.90. The maximum absolute atomic E-state index is 6.26. The number of hydrogen-bond acceptors (Lipinski definition) is 2. The highest BCUT2D eigenvalue weighted by Gasteiger charge is 2.20. The number of rotatable bonds is 3. The Labute approximate surface area is 113 Å². The van der Waals surface area contributed by atoms with Gasteiger partial charge in [-0.3, -0.25) is 4.90 Å². The first kappa shape index (κ1) is 12.8. The van der Waals surface area contributed by atoms with Crippen LogP contribution in [0.5, 0.6) is 0 Å². The van der Waals surface area contributed by atoms with E-state index in [-0.39, 0.29) is 0 Å². The van der Waals surface area contributed by atoms with E-state index in [0.29, 0.717) is 11.0 Å². The van der Waals surface area contributed by atoms with Gasteiger partial charge in [0.2, 0.25) is 0 Å². The normalized spacial score (nSPS) is 20.7. The summed E-state index contributed by atoms with van der Waals surface area (Å²) in [7, 11) is 0. The van der Waals surface area contributed by atoms with Crippen molar-refractivity contribution < 1.29 is 0 Å². The van der Waals surface area contributed by atoms with Crippen molar-refractivity contribution in [2.75, 3.05) is 6.54 Å². The van der Waals surface area contributed by atoms with Crippen LogP contribution in [0.1, 0.15) is 30.9 Å². The van der Waals surface area contributed by atoms with E-state index in [4.69, 9.17) is 29.6 Å². The molecule has 1 unspecified atom stereocenters. The van der Waals surface area contributed by atoms with Crippen LogP contribution in [-0.4, -0.2) is 22.5 Å². The minimum atomic E-state index is 0.396. The lowest BCUT2D eigenvalue weighted by Crippen LogP contribution is -2.26. The van der Waals surface area contributed by atoms with Crippen molar-refractivity contribution >= 4 is 28.8 Å². The van der Waals surface area contributed by atoms with E-state index in [1.807, 2.05) is 18.2 Å². The van der Waals surface area contributed by atoms with Crippen molar-refractivity contribution in [2.45, 2.75) is 32.4 Å². The Bertz CT molecular complexity index is 433. The fraction of sp³-hybridized carbons (Fsp3) is 0.462. The van der Waals surface area contributed by atoms with Crippen LogP contribution in [0.2, 0.25) is 5.02 Å². The molecule has 0 aromatic heterocycles. The van der Waals surface area contributed by atoms with Gasteiger partial charge in [0.1, 0.15) is 4.99 Å². The second-order valence-corrected chi connectivity index (χ2v) is 5.48. The van der Waals surface area contributed by atoms with Crippen molar-refractivity contribution in [3.05, 3.63) is 34.3 Å². The van der Waals surface area contributed by atoms with E-state index >= 15 is 0 Å². The Morgan fingerprint density at radius 1 is 1.59 bits per heavy atom. The molecule has 0 bridgehead atoms. The summed E-state index contributed by atoms with van der Waals surface area (Å²) < 4.78 is 0. The number of nitrogens with zero attached hydrogens (tertiary/aromatic N) is 1. The van der Waals surface area contributed by atoms with E-state index in [1.54, 1.807) is 0 Å². The zero-order chi connectivity index (χ0) is 12.4. The molecular weight excluding hydrogens is 252 g/mol. The van der Waals surface area contributed by atoms with Crippen LogP contribution < -0.4 is 5.73 Å². The Morgan fingerprint density at radius 2 is 2.35 bits per heavy atom. The molecule has 1 atom stereocenters. The molecule has 2 nitrogen and oxygen atoms in total. The molecule has 2 rings (SSSR count). The van der Waals surface area contributed by atoms with E-state index in [0.717, 1.165) is 29.2 Å². The van der Waals surface area contributed by atoms with Crippen molar-refractivity contribution in [3.63, 3.8) is 0 Å². The van der Waals surface area contributed by atoms with Crippen molar-refractivity contribution in [1.29, 1.82) is 0 Å². The molecule has 92 valence electrons. The van der Waals surface area contributed by atoms with Gasteiger partial charge in [-0.25, -0.2) is 0 Å². The van der Waals surface area contributed by atoms with E-state index in [1.165, 1.54) is 12.8 Å². The highest BCUT2D eigenvalue weighted by molar-refractivity contribution is 7.80. The Morgan fingerprint density at radius 3 is 2.88 bits per heavy atom. The van der Waals surface area contributed by atoms with Crippen LogP contribution in [-0.2, 0) is 6.54 Å². The molecule has 1 heterocycles. The molecule has 2 N–H and O–H groups in total. The minimum absolute atomic E-state index is 0.396. The smallest absolute Gasteiger partial charge is 0.104 e. The lowest BCUT2D eigenvalue weighted by molar-refractivity contribution is 0.260. The van der Waals surface area contributed by atoms with Crippen LogP contribution in [0, 0.1) is 0 Å². The van der Waals surface area contributed by atoms with Crippen LogP contribution in [0.25, 0.3) is 0 Å². The zero-order valence-electron chi connectivity index (χ0n) is 9.95. The number of hydrogen-bond donors (Lipinski definition) is 1. The number of halogens is 1. The number of likely N-dealkylation sites (tertiary alicyclic amines) is 1. The molecule has 1 aromatic rings. The van der Waals surface area contributed by atoms with Gasteiger partial charge < -0.3 is 5.73 Å². The van der Waals surface area contributed by atoms with Crippen LogP contribution in [0.3, 0.4) is 0 Å². The van der Waals surface area contributed by atoms with E-state index in [9.17, 15) is 0 Å². The van der Waals surface area contributed by atoms with Gasteiger partial charge >= 0.3 is 0 Å². The lowest BCUT2D eigenvalue weighted by Gasteiger charge is -2.21. The van der Waals surface area contributed by atoms with Crippen molar-refractivity contribution in [1.82, 2.24) is 4.90 Å². The number of benzene rings is 1. The van der Waals surface area contributed by atoms with Crippen LogP contribution >= 0.6 is 23.8 Å². The van der Waals surface area contributed by atoms with Gasteiger partial charge in [0.05, 0.1) is 0 Å². The van der Waals surface area contributed by atoms with Gasteiger partial charge in [0, 0.05) is 23.2 Å². The monoisotopic (exact) mass is 268 g/mol. The summed E-state index contributed by atoms with van der Waals surface area (Å²) in [4.78, 5) is 2.86. The zero-order valence-corrected chi connectivity index (χ0v) is 11.5. The third-order valence-corrected chi connectivity index (χ3v) is 3.99. The predicted molar refractivity (Wildman–Crippen MR) is 76.4 cm³/mol. The second kappa shape index (κ2) is 5.34. The minimum Gasteiger partial charge on any atom is -0.389 e. The van der Waals surface area contributed by atoms with Crippen LogP contribution in [0.15, 0.2) is 18.2 Å². The third kappa shape index (κ3) is 2.97. The van der Waals surface area contributed by atoms with Crippen molar-refractivity contribution in [3.8, 4) is 0 Å². The summed E-state index contributed by atoms with van der Waals surface area (Å²) >= 11 is 11.2. The molecule has 0 amide bonds. The fourth-order valence-corrected chi connectivity index (χ4v) is 2.64. The molecule has 4 heteroatoms.